The maximum atomic E-state index is 12.1. The van der Waals surface area contributed by atoms with E-state index < -0.39 is 17.9 Å². The highest BCUT2D eigenvalue weighted by Crippen LogP contribution is 2.33. The zero-order valence-corrected chi connectivity index (χ0v) is 16.8. The average Bonchev–Trinajstić information content (AvgIpc) is 2.77. The maximum Gasteiger partial charge on any atom is 0.328 e. The van der Waals surface area contributed by atoms with Crippen molar-refractivity contribution >= 4 is 34.3 Å². The Balaban J connectivity index is 1.99. The molecule has 4 N–H and O–H groups in total. The molecule has 9 nitrogen and oxygen atoms in total. The van der Waals surface area contributed by atoms with Gasteiger partial charge in [0, 0.05) is 23.6 Å². The Labute approximate surface area is 178 Å². The van der Waals surface area contributed by atoms with Crippen LogP contribution in [0.4, 0.5) is 11.5 Å². The van der Waals surface area contributed by atoms with Gasteiger partial charge in [-0.2, -0.15) is 0 Å². The number of ether oxygens (including phenoxy) is 1. The van der Waals surface area contributed by atoms with Crippen LogP contribution < -0.4 is 15.4 Å². The van der Waals surface area contributed by atoms with Gasteiger partial charge in [-0.25, -0.2) is 14.8 Å². The van der Waals surface area contributed by atoms with Crippen molar-refractivity contribution in [1.29, 1.82) is 0 Å². The van der Waals surface area contributed by atoms with Crippen LogP contribution in [0.25, 0.3) is 10.9 Å². The van der Waals surface area contributed by atoms with E-state index in [-0.39, 0.29) is 6.61 Å². The number of carbonyl (C=O) groups excluding carboxylic acids is 1. The Morgan fingerprint density at radius 1 is 1.16 bits per heavy atom. The van der Waals surface area contributed by atoms with E-state index in [1.54, 1.807) is 19.1 Å². The summed E-state index contributed by atoms with van der Waals surface area (Å²) in [5.74, 6) is -0.993. The Hall–Kier alpha value is -3.98. The molecule has 3 aromatic rings. The standard InChI is InChI=1S/C22H22N4O5/c1-2-31-19-11-16-15(10-17(19)25-20(28)8-9-21(29)30)22(24-13-23-16)26-18(12-27)14-6-4-3-5-7-14/h3-11,13,18,27H,2,12H2,1H3,(H,25,28)(H,29,30)(H,23,24,26)/t18-/m1/s1. The molecule has 2 aromatic carbocycles. The number of anilines is 2. The number of rotatable bonds is 9. The van der Waals surface area contributed by atoms with E-state index >= 15 is 0 Å². The molecule has 1 amide bonds. The van der Waals surface area contributed by atoms with Gasteiger partial charge < -0.3 is 25.6 Å². The summed E-state index contributed by atoms with van der Waals surface area (Å²) in [5.41, 5.74) is 1.80. The van der Waals surface area contributed by atoms with E-state index in [0.29, 0.717) is 34.8 Å². The molecule has 0 spiro atoms. The largest absolute Gasteiger partial charge is 0.492 e. The van der Waals surface area contributed by atoms with Crippen LogP contribution in [0.5, 0.6) is 5.75 Å². The second kappa shape index (κ2) is 10.2. The Morgan fingerprint density at radius 3 is 2.61 bits per heavy atom. The predicted octanol–water partition coefficient (Wildman–Crippen LogP) is 2.75. The lowest BCUT2D eigenvalue weighted by Crippen LogP contribution is -2.16. The topological polar surface area (TPSA) is 134 Å². The van der Waals surface area contributed by atoms with Gasteiger partial charge in [0.15, 0.2) is 0 Å². The van der Waals surface area contributed by atoms with Gasteiger partial charge >= 0.3 is 5.97 Å². The van der Waals surface area contributed by atoms with Crippen molar-refractivity contribution in [2.75, 3.05) is 23.8 Å². The number of carboxylic acids is 1. The van der Waals surface area contributed by atoms with E-state index in [1.165, 1.54) is 6.33 Å². The molecule has 0 fully saturated rings. The van der Waals surface area contributed by atoms with Crippen LogP contribution in [-0.4, -0.2) is 45.3 Å². The summed E-state index contributed by atoms with van der Waals surface area (Å²) in [5, 5.41) is 25.0. The first-order valence-corrected chi connectivity index (χ1v) is 9.57. The number of carbonyl (C=O) groups is 2. The van der Waals surface area contributed by atoms with E-state index in [2.05, 4.69) is 20.6 Å². The van der Waals surface area contributed by atoms with Gasteiger partial charge in [0.1, 0.15) is 17.9 Å². The van der Waals surface area contributed by atoms with Crippen molar-refractivity contribution in [3.05, 3.63) is 66.5 Å². The van der Waals surface area contributed by atoms with Gasteiger partial charge in [-0.15, -0.1) is 0 Å². The van der Waals surface area contributed by atoms with Gasteiger partial charge in [-0.1, -0.05) is 30.3 Å². The van der Waals surface area contributed by atoms with E-state index in [1.807, 2.05) is 30.3 Å². The van der Waals surface area contributed by atoms with Crippen molar-refractivity contribution < 1.29 is 24.5 Å². The van der Waals surface area contributed by atoms with Crippen molar-refractivity contribution in [1.82, 2.24) is 9.97 Å². The minimum absolute atomic E-state index is 0.157. The van der Waals surface area contributed by atoms with E-state index in [0.717, 1.165) is 17.7 Å². The predicted molar refractivity (Wildman–Crippen MR) is 116 cm³/mol. The Morgan fingerprint density at radius 2 is 1.94 bits per heavy atom. The van der Waals surface area contributed by atoms with Crippen molar-refractivity contribution in [3.8, 4) is 5.75 Å². The molecular formula is C22H22N4O5. The van der Waals surface area contributed by atoms with Crippen LogP contribution >= 0.6 is 0 Å². The number of amides is 1. The fourth-order valence-electron chi connectivity index (χ4n) is 2.98. The summed E-state index contributed by atoms with van der Waals surface area (Å²) < 4.78 is 5.61. The number of hydrogen-bond acceptors (Lipinski definition) is 7. The highest BCUT2D eigenvalue weighted by atomic mass is 16.5. The summed E-state index contributed by atoms with van der Waals surface area (Å²) in [6, 6.07) is 12.3. The molecule has 0 aliphatic heterocycles. The third-order valence-electron chi connectivity index (χ3n) is 4.37. The Bertz CT molecular complexity index is 1100. The van der Waals surface area contributed by atoms with Crippen LogP contribution in [0.3, 0.4) is 0 Å². The molecule has 0 saturated heterocycles. The SMILES string of the molecule is CCOc1cc2ncnc(N[C@H](CO)c3ccccc3)c2cc1NC(=O)C=CC(=O)O. The van der Waals surface area contributed by atoms with Crippen LogP contribution in [0.2, 0.25) is 0 Å². The molecule has 3 rings (SSSR count). The van der Waals surface area contributed by atoms with Crippen LogP contribution in [-0.2, 0) is 9.59 Å². The average molecular weight is 422 g/mol. The molecule has 0 radical (unpaired) electrons. The number of aromatic nitrogens is 2. The highest BCUT2D eigenvalue weighted by Gasteiger charge is 2.16. The second-order valence-corrected chi connectivity index (χ2v) is 6.47. The summed E-state index contributed by atoms with van der Waals surface area (Å²) in [6.45, 7) is 2.00. The molecule has 1 heterocycles. The number of hydrogen-bond donors (Lipinski definition) is 4. The zero-order valence-electron chi connectivity index (χ0n) is 16.8. The molecule has 0 aliphatic carbocycles. The number of benzene rings is 2. The van der Waals surface area contributed by atoms with Gasteiger partial charge in [-0.05, 0) is 18.6 Å². The highest BCUT2D eigenvalue weighted by molar-refractivity contribution is 6.05. The number of aliphatic hydroxyl groups excluding tert-OH is 1. The van der Waals surface area contributed by atoms with Gasteiger partial charge in [0.05, 0.1) is 30.5 Å². The monoisotopic (exact) mass is 422 g/mol. The van der Waals surface area contributed by atoms with Crippen molar-refractivity contribution in [2.45, 2.75) is 13.0 Å². The molecule has 0 saturated carbocycles. The quantitative estimate of drug-likeness (QED) is 0.387. The lowest BCUT2D eigenvalue weighted by molar-refractivity contribution is -0.131. The number of nitrogens with one attached hydrogen (secondary N) is 2. The first kappa shape index (κ1) is 21.7. The molecule has 160 valence electrons. The fraction of sp³-hybridized carbons (Fsp3) is 0.182. The van der Waals surface area contributed by atoms with Crippen LogP contribution in [0.1, 0.15) is 18.5 Å². The molecule has 31 heavy (non-hydrogen) atoms. The fourth-order valence-corrected chi connectivity index (χ4v) is 2.98. The number of fused-ring (bicyclic) bond motifs is 1. The third-order valence-corrected chi connectivity index (χ3v) is 4.37. The molecular weight excluding hydrogens is 400 g/mol. The molecule has 1 aromatic heterocycles. The number of carboxylic acid groups (broad SMARTS) is 1. The Kier molecular flexibility index (Phi) is 7.13. The van der Waals surface area contributed by atoms with E-state index in [4.69, 9.17) is 9.84 Å². The minimum Gasteiger partial charge on any atom is -0.492 e. The number of nitrogens with zero attached hydrogens (tertiary/aromatic N) is 2. The summed E-state index contributed by atoms with van der Waals surface area (Å²) >= 11 is 0. The zero-order chi connectivity index (χ0) is 22.2. The lowest BCUT2D eigenvalue weighted by Gasteiger charge is -2.19. The van der Waals surface area contributed by atoms with Gasteiger partial charge in [0.2, 0.25) is 5.91 Å². The summed E-state index contributed by atoms with van der Waals surface area (Å²) in [7, 11) is 0. The first-order chi connectivity index (χ1) is 15.0. The molecule has 0 bridgehead atoms. The van der Waals surface area contributed by atoms with Crippen LogP contribution in [0.15, 0.2) is 60.9 Å². The van der Waals surface area contributed by atoms with E-state index in [9.17, 15) is 14.7 Å². The van der Waals surface area contributed by atoms with Gasteiger partial charge in [-0.3, -0.25) is 4.79 Å². The normalized spacial score (nSPS) is 11.9. The lowest BCUT2D eigenvalue weighted by atomic mass is 10.1. The molecule has 0 aliphatic rings. The molecule has 9 heteroatoms. The summed E-state index contributed by atoms with van der Waals surface area (Å²) in [6.07, 6.45) is 3.06. The van der Waals surface area contributed by atoms with Gasteiger partial charge in [0.25, 0.3) is 0 Å². The first-order valence-electron chi connectivity index (χ1n) is 9.57. The molecule has 1 atom stereocenters. The summed E-state index contributed by atoms with van der Waals surface area (Å²) in [4.78, 5) is 31.3. The number of aliphatic carboxylic acids is 1. The second-order valence-electron chi connectivity index (χ2n) is 6.47. The minimum atomic E-state index is -1.23. The smallest absolute Gasteiger partial charge is 0.328 e. The van der Waals surface area contributed by atoms with Crippen molar-refractivity contribution in [3.63, 3.8) is 0 Å². The third kappa shape index (κ3) is 5.55. The maximum absolute atomic E-state index is 12.1. The number of aliphatic hydroxyl groups is 1. The van der Waals surface area contributed by atoms with Crippen molar-refractivity contribution in [2.24, 2.45) is 0 Å². The molecule has 0 unspecified atom stereocenters. The van der Waals surface area contributed by atoms with Crippen LogP contribution in [0, 0.1) is 0 Å².